The first-order chi connectivity index (χ1) is 8.18. The predicted molar refractivity (Wildman–Crippen MR) is 58.2 cm³/mol. The highest BCUT2D eigenvalue weighted by atomic mass is 19.3. The molecule has 0 aliphatic heterocycles. The Kier molecular flexibility index (Phi) is 4.75. The summed E-state index contributed by atoms with van der Waals surface area (Å²) in [4.78, 5) is 3.38. The number of alkyl halides is 2. The molecule has 0 atom stereocenters. The number of aromatic nitrogens is 1. The van der Waals surface area contributed by atoms with Crippen molar-refractivity contribution in [2.24, 2.45) is 0 Å². The Bertz CT molecular complexity index is 468. The highest BCUT2D eigenvalue weighted by Gasteiger charge is 2.19. The van der Waals surface area contributed by atoms with Gasteiger partial charge in [0.2, 0.25) is 0 Å². The molecular weight excluding hydrogens is 231 g/mol. The Morgan fingerprint density at radius 1 is 1.24 bits per heavy atom. The second kappa shape index (κ2) is 6.08. The van der Waals surface area contributed by atoms with Gasteiger partial charge in [-0.15, -0.1) is 0 Å². The van der Waals surface area contributed by atoms with Crippen LogP contribution in [0.25, 0.3) is 11.3 Å². The van der Waals surface area contributed by atoms with Crippen LogP contribution < -0.4 is 0 Å². The topological polar surface area (TPSA) is 26.0 Å². The summed E-state index contributed by atoms with van der Waals surface area (Å²) in [6.45, 7) is 4.00. The maximum Gasteiger partial charge on any atom is 0.284 e. The normalized spacial score (nSPS) is 10.0. The SMILES string of the molecule is CC.Fc1cccc(-c2ocnc2C(F)F)c1. The minimum atomic E-state index is -2.73. The van der Waals surface area contributed by atoms with Crippen molar-refractivity contribution in [1.82, 2.24) is 4.98 Å². The summed E-state index contributed by atoms with van der Waals surface area (Å²) in [6, 6.07) is 5.24. The van der Waals surface area contributed by atoms with E-state index in [9.17, 15) is 13.2 Å². The molecule has 0 saturated carbocycles. The van der Waals surface area contributed by atoms with E-state index < -0.39 is 17.9 Å². The zero-order valence-electron chi connectivity index (χ0n) is 9.45. The highest BCUT2D eigenvalue weighted by molar-refractivity contribution is 5.59. The van der Waals surface area contributed by atoms with Crippen LogP contribution in [-0.4, -0.2) is 4.98 Å². The highest BCUT2D eigenvalue weighted by Crippen LogP contribution is 2.30. The molecular formula is C12H12F3NO. The van der Waals surface area contributed by atoms with Crippen molar-refractivity contribution in [3.63, 3.8) is 0 Å². The van der Waals surface area contributed by atoms with Gasteiger partial charge in [-0.3, -0.25) is 0 Å². The van der Waals surface area contributed by atoms with Crippen LogP contribution in [0.1, 0.15) is 26.0 Å². The maximum absolute atomic E-state index is 12.8. The maximum atomic E-state index is 12.8. The lowest BCUT2D eigenvalue weighted by molar-refractivity contribution is 0.147. The molecule has 5 heteroatoms. The van der Waals surface area contributed by atoms with Gasteiger partial charge in [0.25, 0.3) is 6.43 Å². The third-order valence-electron chi connectivity index (χ3n) is 1.89. The zero-order valence-corrected chi connectivity index (χ0v) is 9.45. The second-order valence-corrected chi connectivity index (χ2v) is 2.88. The minimum absolute atomic E-state index is 0.0931. The number of hydrogen-bond donors (Lipinski definition) is 0. The summed E-state index contributed by atoms with van der Waals surface area (Å²) < 4.78 is 42.5. The van der Waals surface area contributed by atoms with E-state index >= 15 is 0 Å². The number of nitrogens with zero attached hydrogens (tertiary/aromatic N) is 1. The summed E-state index contributed by atoms with van der Waals surface area (Å²) in [5, 5.41) is 0. The third kappa shape index (κ3) is 3.09. The molecule has 1 aromatic carbocycles. The number of rotatable bonds is 2. The molecule has 0 fully saturated rings. The van der Waals surface area contributed by atoms with Gasteiger partial charge in [-0.2, -0.15) is 0 Å². The van der Waals surface area contributed by atoms with Crippen molar-refractivity contribution in [3.05, 3.63) is 42.2 Å². The molecule has 0 aliphatic rings. The van der Waals surface area contributed by atoms with E-state index in [0.29, 0.717) is 0 Å². The van der Waals surface area contributed by atoms with Crippen molar-refractivity contribution in [2.75, 3.05) is 0 Å². The van der Waals surface area contributed by atoms with Crippen LogP contribution in [0, 0.1) is 5.82 Å². The zero-order chi connectivity index (χ0) is 12.8. The third-order valence-corrected chi connectivity index (χ3v) is 1.89. The number of hydrogen-bond acceptors (Lipinski definition) is 2. The van der Waals surface area contributed by atoms with Crippen LogP contribution in [0.5, 0.6) is 0 Å². The average Bonchev–Trinajstić information content (AvgIpc) is 2.80. The first-order valence-corrected chi connectivity index (χ1v) is 5.16. The smallest absolute Gasteiger partial charge is 0.284 e. The van der Waals surface area contributed by atoms with Crippen molar-refractivity contribution in [2.45, 2.75) is 20.3 Å². The van der Waals surface area contributed by atoms with E-state index in [1.54, 1.807) is 0 Å². The monoisotopic (exact) mass is 243 g/mol. The van der Waals surface area contributed by atoms with Gasteiger partial charge in [0.15, 0.2) is 17.8 Å². The number of benzene rings is 1. The summed E-state index contributed by atoms with van der Waals surface area (Å²) in [7, 11) is 0. The lowest BCUT2D eigenvalue weighted by Crippen LogP contribution is -1.88. The van der Waals surface area contributed by atoms with E-state index in [1.807, 2.05) is 13.8 Å². The Labute approximate surface area is 97.1 Å². The Hall–Kier alpha value is -1.78. The Morgan fingerprint density at radius 3 is 2.53 bits per heavy atom. The lowest BCUT2D eigenvalue weighted by atomic mass is 10.1. The van der Waals surface area contributed by atoms with Crippen LogP contribution in [-0.2, 0) is 0 Å². The number of oxazole rings is 1. The summed E-state index contributed by atoms with van der Waals surface area (Å²) in [5.74, 6) is -0.603. The molecule has 0 saturated heterocycles. The average molecular weight is 243 g/mol. The molecule has 0 radical (unpaired) electrons. The van der Waals surface area contributed by atoms with Gasteiger partial charge < -0.3 is 4.42 Å². The molecule has 0 unspecified atom stereocenters. The molecule has 0 spiro atoms. The van der Waals surface area contributed by atoms with Crippen molar-refractivity contribution >= 4 is 0 Å². The van der Waals surface area contributed by atoms with Crippen molar-refractivity contribution in [1.29, 1.82) is 0 Å². The fourth-order valence-electron chi connectivity index (χ4n) is 1.26. The molecule has 1 heterocycles. The molecule has 2 nitrogen and oxygen atoms in total. The van der Waals surface area contributed by atoms with Crippen LogP contribution in [0.4, 0.5) is 13.2 Å². The van der Waals surface area contributed by atoms with Gasteiger partial charge in [-0.1, -0.05) is 26.0 Å². The molecule has 2 aromatic rings. The quantitative estimate of drug-likeness (QED) is 0.779. The Morgan fingerprint density at radius 2 is 1.94 bits per heavy atom. The van der Waals surface area contributed by atoms with E-state index in [4.69, 9.17) is 4.42 Å². The molecule has 1 aromatic heterocycles. The minimum Gasteiger partial charge on any atom is -0.443 e. The summed E-state index contributed by atoms with van der Waals surface area (Å²) >= 11 is 0. The van der Waals surface area contributed by atoms with E-state index in [0.717, 1.165) is 12.5 Å². The summed E-state index contributed by atoms with van der Waals surface area (Å²) in [5.41, 5.74) is -0.219. The van der Waals surface area contributed by atoms with Crippen LogP contribution in [0.15, 0.2) is 35.1 Å². The van der Waals surface area contributed by atoms with Gasteiger partial charge >= 0.3 is 0 Å². The van der Waals surface area contributed by atoms with Gasteiger partial charge in [0.05, 0.1) is 0 Å². The standard InChI is InChI=1S/C10H6F3NO.C2H6/c11-7-3-1-2-6(4-7)9-8(10(12)13)14-5-15-9;1-2/h1-5,10H;1-2H3. The second-order valence-electron chi connectivity index (χ2n) is 2.88. The fourth-order valence-corrected chi connectivity index (χ4v) is 1.26. The molecule has 0 amide bonds. The Balaban J connectivity index is 0.000000686. The summed E-state index contributed by atoms with van der Waals surface area (Å²) in [6.07, 6.45) is -1.82. The fraction of sp³-hybridized carbons (Fsp3) is 0.250. The van der Waals surface area contributed by atoms with Gasteiger partial charge in [-0.05, 0) is 12.1 Å². The first kappa shape index (κ1) is 13.3. The van der Waals surface area contributed by atoms with Crippen LogP contribution in [0.2, 0.25) is 0 Å². The molecule has 92 valence electrons. The van der Waals surface area contributed by atoms with E-state index in [2.05, 4.69) is 4.98 Å². The molecule has 0 bridgehead atoms. The first-order valence-electron chi connectivity index (χ1n) is 5.16. The van der Waals surface area contributed by atoms with Crippen LogP contribution >= 0.6 is 0 Å². The number of halogens is 3. The molecule has 0 N–H and O–H groups in total. The van der Waals surface area contributed by atoms with Gasteiger partial charge in [0, 0.05) is 5.56 Å². The predicted octanol–water partition coefficient (Wildman–Crippen LogP) is 4.44. The molecule has 2 rings (SSSR count). The largest absolute Gasteiger partial charge is 0.443 e. The molecule has 0 aliphatic carbocycles. The van der Waals surface area contributed by atoms with Crippen molar-refractivity contribution in [3.8, 4) is 11.3 Å². The van der Waals surface area contributed by atoms with E-state index in [1.165, 1.54) is 18.2 Å². The molecule has 17 heavy (non-hydrogen) atoms. The van der Waals surface area contributed by atoms with Crippen molar-refractivity contribution < 1.29 is 17.6 Å². The van der Waals surface area contributed by atoms with Gasteiger partial charge in [-0.25, -0.2) is 18.2 Å². The lowest BCUT2D eigenvalue weighted by Gasteiger charge is -1.99. The van der Waals surface area contributed by atoms with E-state index in [-0.39, 0.29) is 11.3 Å². The van der Waals surface area contributed by atoms with Crippen LogP contribution in [0.3, 0.4) is 0 Å². The van der Waals surface area contributed by atoms with Gasteiger partial charge in [0.1, 0.15) is 5.82 Å².